The first-order valence-electron chi connectivity index (χ1n) is 7.43. The second kappa shape index (κ2) is 7.13. The zero-order chi connectivity index (χ0) is 15.5. The summed E-state index contributed by atoms with van der Waals surface area (Å²) in [6.45, 7) is 3.96. The third-order valence-corrected chi connectivity index (χ3v) is 6.65. The van der Waals surface area contributed by atoms with E-state index < -0.39 is 10.0 Å². The Kier molecular flexibility index (Phi) is 5.71. The van der Waals surface area contributed by atoms with Crippen LogP contribution in [0.1, 0.15) is 44.7 Å². The average molecular weight is 329 g/mol. The summed E-state index contributed by atoms with van der Waals surface area (Å²) >= 11 is 1.84. The Morgan fingerprint density at radius 1 is 1.43 bits per heavy atom. The van der Waals surface area contributed by atoms with Crippen molar-refractivity contribution in [3.05, 3.63) is 29.8 Å². The molecule has 1 aliphatic rings. The Bertz CT molecular complexity index is 573. The van der Waals surface area contributed by atoms with Gasteiger partial charge in [0.15, 0.2) is 0 Å². The van der Waals surface area contributed by atoms with E-state index in [9.17, 15) is 8.42 Å². The van der Waals surface area contributed by atoms with Crippen LogP contribution in [0.15, 0.2) is 29.2 Å². The van der Waals surface area contributed by atoms with Crippen LogP contribution >= 0.6 is 11.8 Å². The quantitative estimate of drug-likeness (QED) is 0.842. The zero-order valence-electron chi connectivity index (χ0n) is 12.6. The van der Waals surface area contributed by atoms with Gasteiger partial charge in [0, 0.05) is 17.3 Å². The maximum Gasteiger partial charge on any atom is 0.240 e. The minimum Gasteiger partial charge on any atom is -0.324 e. The zero-order valence-corrected chi connectivity index (χ0v) is 14.2. The highest BCUT2D eigenvalue weighted by Crippen LogP contribution is 2.31. The van der Waals surface area contributed by atoms with E-state index in [1.165, 1.54) is 0 Å². The van der Waals surface area contributed by atoms with E-state index in [0.29, 0.717) is 10.1 Å². The highest BCUT2D eigenvalue weighted by Gasteiger charge is 2.31. The molecule has 118 valence electrons. The molecular weight excluding hydrogens is 304 g/mol. The first-order chi connectivity index (χ1) is 9.94. The van der Waals surface area contributed by atoms with Crippen LogP contribution in [0.4, 0.5) is 0 Å². The Morgan fingerprint density at radius 2 is 2.19 bits per heavy atom. The molecule has 4 nitrogen and oxygen atoms in total. The van der Waals surface area contributed by atoms with Crippen molar-refractivity contribution >= 4 is 21.8 Å². The number of hydrogen-bond donors (Lipinski definition) is 2. The molecule has 0 aliphatic heterocycles. The van der Waals surface area contributed by atoms with Crippen LogP contribution in [0.25, 0.3) is 0 Å². The molecule has 1 saturated carbocycles. The van der Waals surface area contributed by atoms with Gasteiger partial charge in [0.25, 0.3) is 0 Å². The van der Waals surface area contributed by atoms with Crippen LogP contribution in [0.5, 0.6) is 0 Å². The van der Waals surface area contributed by atoms with Crippen LogP contribution in [-0.4, -0.2) is 25.5 Å². The third-order valence-electron chi connectivity index (χ3n) is 3.83. The van der Waals surface area contributed by atoms with Crippen molar-refractivity contribution in [1.82, 2.24) is 4.72 Å². The summed E-state index contributed by atoms with van der Waals surface area (Å²) in [6.07, 6.45) is 3.10. The number of benzene rings is 1. The first kappa shape index (κ1) is 16.8. The fourth-order valence-corrected chi connectivity index (χ4v) is 5.36. The van der Waals surface area contributed by atoms with Gasteiger partial charge in [-0.1, -0.05) is 25.5 Å². The predicted molar refractivity (Wildman–Crippen MR) is 88.9 cm³/mol. The molecule has 0 amide bonds. The summed E-state index contributed by atoms with van der Waals surface area (Å²) < 4.78 is 28.0. The van der Waals surface area contributed by atoms with Gasteiger partial charge >= 0.3 is 0 Å². The van der Waals surface area contributed by atoms with E-state index in [2.05, 4.69) is 11.6 Å². The maximum atomic E-state index is 12.6. The number of nitrogens with one attached hydrogen (secondary N) is 1. The highest BCUT2D eigenvalue weighted by molar-refractivity contribution is 8.00. The molecule has 1 fully saturated rings. The molecule has 21 heavy (non-hydrogen) atoms. The minimum atomic E-state index is -3.47. The van der Waals surface area contributed by atoms with Gasteiger partial charge < -0.3 is 5.73 Å². The van der Waals surface area contributed by atoms with Crippen LogP contribution in [0.3, 0.4) is 0 Å². The van der Waals surface area contributed by atoms with Crippen molar-refractivity contribution < 1.29 is 8.42 Å². The average Bonchev–Trinajstić information content (AvgIpc) is 2.86. The number of hydrogen-bond acceptors (Lipinski definition) is 4. The van der Waals surface area contributed by atoms with Crippen LogP contribution in [-0.2, 0) is 10.0 Å². The Morgan fingerprint density at radius 3 is 2.86 bits per heavy atom. The molecule has 3 unspecified atom stereocenters. The lowest BCUT2D eigenvalue weighted by Gasteiger charge is -2.20. The van der Waals surface area contributed by atoms with Crippen LogP contribution < -0.4 is 10.5 Å². The molecule has 6 heteroatoms. The molecule has 1 aromatic rings. The molecule has 1 aromatic carbocycles. The van der Waals surface area contributed by atoms with Crippen molar-refractivity contribution in [2.24, 2.45) is 5.73 Å². The molecule has 0 aromatic heterocycles. The summed E-state index contributed by atoms with van der Waals surface area (Å²) in [5, 5.41) is 0.390. The van der Waals surface area contributed by atoms with E-state index in [0.717, 1.165) is 30.6 Å². The largest absolute Gasteiger partial charge is 0.324 e. The Hall–Kier alpha value is -0.560. The molecule has 0 saturated heterocycles. The topological polar surface area (TPSA) is 72.2 Å². The second-order valence-electron chi connectivity index (χ2n) is 5.51. The van der Waals surface area contributed by atoms with Gasteiger partial charge in [0.1, 0.15) is 0 Å². The second-order valence-corrected chi connectivity index (χ2v) is 8.74. The van der Waals surface area contributed by atoms with E-state index in [1.807, 2.05) is 24.8 Å². The highest BCUT2D eigenvalue weighted by atomic mass is 32.2. The molecule has 1 aliphatic carbocycles. The third kappa shape index (κ3) is 4.22. The van der Waals surface area contributed by atoms with Crippen LogP contribution in [0, 0.1) is 0 Å². The fourth-order valence-electron chi connectivity index (χ4n) is 2.71. The van der Waals surface area contributed by atoms with Crippen molar-refractivity contribution in [2.45, 2.75) is 55.3 Å². The minimum absolute atomic E-state index is 0.0407. The summed E-state index contributed by atoms with van der Waals surface area (Å²) in [7, 11) is -3.47. The van der Waals surface area contributed by atoms with Crippen molar-refractivity contribution in [1.29, 1.82) is 0 Å². The van der Waals surface area contributed by atoms with E-state index in [1.54, 1.807) is 18.2 Å². The van der Waals surface area contributed by atoms with Gasteiger partial charge in [0.05, 0.1) is 4.90 Å². The van der Waals surface area contributed by atoms with Gasteiger partial charge in [-0.2, -0.15) is 11.8 Å². The van der Waals surface area contributed by atoms with E-state index in [-0.39, 0.29) is 12.1 Å². The fraction of sp³-hybridized carbons (Fsp3) is 0.600. The van der Waals surface area contributed by atoms with Crippen molar-refractivity contribution in [3.63, 3.8) is 0 Å². The summed E-state index contributed by atoms with van der Waals surface area (Å²) in [5.74, 6) is 1.02. The summed E-state index contributed by atoms with van der Waals surface area (Å²) in [6, 6.07) is 6.78. The van der Waals surface area contributed by atoms with Crippen molar-refractivity contribution in [3.8, 4) is 0 Å². The summed E-state index contributed by atoms with van der Waals surface area (Å²) in [5.41, 5.74) is 6.67. The number of thioether (sulfide) groups is 1. The maximum absolute atomic E-state index is 12.6. The molecule has 3 N–H and O–H groups in total. The smallest absolute Gasteiger partial charge is 0.240 e. The van der Waals surface area contributed by atoms with Gasteiger partial charge in [-0.05, 0) is 43.2 Å². The van der Waals surface area contributed by atoms with Gasteiger partial charge in [0.2, 0.25) is 10.0 Å². The molecule has 0 bridgehead atoms. The Labute approximate surface area is 131 Å². The standard InChI is InChI=1S/C15H24N2O2S2/c1-3-20-15-9-5-8-14(15)17-21(18,19)13-7-4-6-12(10-13)11(2)16/h4,6-7,10-11,14-15,17H,3,5,8-9,16H2,1-2H3. The first-order valence-corrected chi connectivity index (χ1v) is 9.96. The number of sulfonamides is 1. The lowest BCUT2D eigenvalue weighted by Crippen LogP contribution is -2.38. The van der Waals surface area contributed by atoms with Gasteiger partial charge in [-0.25, -0.2) is 13.1 Å². The molecule has 0 radical (unpaired) electrons. The van der Waals surface area contributed by atoms with E-state index >= 15 is 0 Å². The van der Waals surface area contributed by atoms with Gasteiger partial charge in [-0.3, -0.25) is 0 Å². The van der Waals surface area contributed by atoms with E-state index in [4.69, 9.17) is 5.73 Å². The molecule has 0 spiro atoms. The van der Waals surface area contributed by atoms with Crippen LogP contribution in [0.2, 0.25) is 0 Å². The normalized spacial score (nSPS) is 24.1. The lowest BCUT2D eigenvalue weighted by atomic mass is 10.1. The molecule has 0 heterocycles. The SMILES string of the molecule is CCSC1CCCC1NS(=O)(=O)c1cccc(C(C)N)c1. The van der Waals surface area contributed by atoms with Gasteiger partial charge in [-0.15, -0.1) is 0 Å². The summed E-state index contributed by atoms with van der Waals surface area (Å²) in [4.78, 5) is 0.310. The number of nitrogens with two attached hydrogens (primary N) is 1. The Balaban J connectivity index is 2.16. The monoisotopic (exact) mass is 328 g/mol. The predicted octanol–water partition coefficient (Wildman–Crippen LogP) is 2.66. The molecule has 2 rings (SSSR count). The number of rotatable bonds is 6. The van der Waals surface area contributed by atoms with Crippen molar-refractivity contribution in [2.75, 3.05) is 5.75 Å². The molecule has 3 atom stereocenters. The molecular formula is C15H24N2O2S2. The lowest BCUT2D eigenvalue weighted by molar-refractivity contribution is 0.555.